The number of hydrogen-bond donors (Lipinski definition) is 0. The van der Waals surface area contributed by atoms with Gasteiger partial charge in [-0.15, -0.1) is 11.3 Å². The molecular formula is C14H22N2OS. The van der Waals surface area contributed by atoms with Crippen molar-refractivity contribution in [1.29, 1.82) is 0 Å². The lowest BCUT2D eigenvalue weighted by Gasteiger charge is -2.20. The van der Waals surface area contributed by atoms with Gasteiger partial charge in [0.2, 0.25) is 5.91 Å². The van der Waals surface area contributed by atoms with E-state index < -0.39 is 0 Å². The molecule has 1 aliphatic rings. The third-order valence-corrected chi connectivity index (χ3v) is 4.66. The predicted octanol–water partition coefficient (Wildman–Crippen LogP) is 3.10. The Labute approximate surface area is 113 Å². The van der Waals surface area contributed by atoms with Gasteiger partial charge in [0.15, 0.2) is 0 Å². The molecule has 0 spiro atoms. The molecule has 0 atom stereocenters. The fourth-order valence-electron chi connectivity index (χ4n) is 2.50. The van der Waals surface area contributed by atoms with Gasteiger partial charge in [-0.2, -0.15) is 0 Å². The van der Waals surface area contributed by atoms with Gasteiger partial charge in [-0.3, -0.25) is 4.79 Å². The summed E-state index contributed by atoms with van der Waals surface area (Å²) in [7, 11) is 0. The van der Waals surface area contributed by atoms with Crippen molar-refractivity contribution >= 4 is 17.2 Å². The van der Waals surface area contributed by atoms with Crippen molar-refractivity contribution in [3.63, 3.8) is 0 Å². The first-order valence-electron chi connectivity index (χ1n) is 6.87. The summed E-state index contributed by atoms with van der Waals surface area (Å²) in [6.45, 7) is 5.98. The summed E-state index contributed by atoms with van der Waals surface area (Å²) in [6.07, 6.45) is 6.39. The van der Waals surface area contributed by atoms with Crippen LogP contribution in [0.5, 0.6) is 0 Å². The molecule has 0 unspecified atom stereocenters. The first-order chi connectivity index (χ1) is 8.66. The smallest absolute Gasteiger partial charge is 0.222 e. The molecule has 4 heteroatoms. The summed E-state index contributed by atoms with van der Waals surface area (Å²) >= 11 is 1.73. The second-order valence-corrected chi connectivity index (χ2v) is 6.32. The van der Waals surface area contributed by atoms with E-state index in [1.165, 1.54) is 30.6 Å². The van der Waals surface area contributed by atoms with Crippen LogP contribution in [0, 0.1) is 13.8 Å². The van der Waals surface area contributed by atoms with Gasteiger partial charge in [0.1, 0.15) is 0 Å². The minimum Gasteiger partial charge on any atom is -0.343 e. The number of amides is 1. The lowest BCUT2D eigenvalue weighted by atomic mass is 10.2. The first kappa shape index (κ1) is 13.5. The third-order valence-electron chi connectivity index (χ3n) is 3.52. The Morgan fingerprint density at radius 1 is 1.22 bits per heavy atom. The van der Waals surface area contributed by atoms with E-state index >= 15 is 0 Å². The minimum absolute atomic E-state index is 0.322. The summed E-state index contributed by atoms with van der Waals surface area (Å²) in [5.74, 6) is 0.322. The topological polar surface area (TPSA) is 33.2 Å². The molecule has 3 nitrogen and oxygen atoms in total. The predicted molar refractivity (Wildman–Crippen MR) is 75.0 cm³/mol. The van der Waals surface area contributed by atoms with E-state index in [0.29, 0.717) is 12.3 Å². The number of carbonyl (C=O) groups excluding carboxylic acids is 1. The van der Waals surface area contributed by atoms with E-state index in [2.05, 4.69) is 9.88 Å². The summed E-state index contributed by atoms with van der Waals surface area (Å²) in [4.78, 5) is 19.9. The molecular weight excluding hydrogens is 244 g/mol. The highest BCUT2D eigenvalue weighted by Crippen LogP contribution is 2.19. The summed E-state index contributed by atoms with van der Waals surface area (Å²) in [5, 5.41) is 1.10. The molecule has 1 aromatic rings. The lowest BCUT2D eigenvalue weighted by Crippen LogP contribution is -2.31. The lowest BCUT2D eigenvalue weighted by molar-refractivity contribution is -0.131. The van der Waals surface area contributed by atoms with Crippen molar-refractivity contribution in [1.82, 2.24) is 9.88 Å². The molecule has 0 aromatic carbocycles. The van der Waals surface area contributed by atoms with E-state index in [4.69, 9.17) is 0 Å². The summed E-state index contributed by atoms with van der Waals surface area (Å²) in [5.41, 5.74) is 1.10. The van der Waals surface area contributed by atoms with Crippen LogP contribution in [-0.4, -0.2) is 28.9 Å². The largest absolute Gasteiger partial charge is 0.343 e. The highest BCUT2D eigenvalue weighted by molar-refractivity contribution is 7.11. The number of aromatic nitrogens is 1. The Balaban J connectivity index is 1.85. The van der Waals surface area contributed by atoms with Crippen LogP contribution in [0.1, 0.15) is 47.7 Å². The number of nitrogens with zero attached hydrogens (tertiary/aromatic N) is 2. The number of rotatable bonds is 3. The molecule has 0 aliphatic carbocycles. The summed E-state index contributed by atoms with van der Waals surface area (Å²) in [6, 6.07) is 0. The maximum Gasteiger partial charge on any atom is 0.222 e. The van der Waals surface area contributed by atoms with Crippen LogP contribution in [0.2, 0.25) is 0 Å². The number of thiazole rings is 1. The quantitative estimate of drug-likeness (QED) is 0.842. The van der Waals surface area contributed by atoms with Crippen LogP contribution < -0.4 is 0 Å². The fraction of sp³-hybridized carbons (Fsp3) is 0.714. The van der Waals surface area contributed by atoms with E-state index in [1.54, 1.807) is 11.3 Å². The van der Waals surface area contributed by atoms with Crippen molar-refractivity contribution in [3.05, 3.63) is 15.6 Å². The second kappa shape index (κ2) is 6.32. The van der Waals surface area contributed by atoms with E-state index in [0.717, 1.165) is 30.2 Å². The van der Waals surface area contributed by atoms with E-state index in [9.17, 15) is 4.79 Å². The third kappa shape index (κ3) is 3.55. The minimum atomic E-state index is 0.322. The van der Waals surface area contributed by atoms with Gasteiger partial charge in [0.25, 0.3) is 0 Å². The zero-order chi connectivity index (χ0) is 13.0. The number of likely N-dealkylation sites (tertiary alicyclic amines) is 1. The van der Waals surface area contributed by atoms with Gasteiger partial charge in [0.05, 0.1) is 10.7 Å². The average Bonchev–Trinajstić information content (AvgIpc) is 2.59. The zero-order valence-electron chi connectivity index (χ0n) is 11.4. The van der Waals surface area contributed by atoms with E-state index in [-0.39, 0.29) is 0 Å². The molecule has 0 N–H and O–H groups in total. The summed E-state index contributed by atoms with van der Waals surface area (Å²) < 4.78 is 0. The van der Waals surface area contributed by atoms with Crippen molar-refractivity contribution in [2.24, 2.45) is 0 Å². The van der Waals surface area contributed by atoms with Crippen molar-refractivity contribution < 1.29 is 4.79 Å². The second-order valence-electron chi connectivity index (χ2n) is 5.04. The molecule has 0 saturated carbocycles. The first-order valence-corrected chi connectivity index (χ1v) is 7.69. The van der Waals surface area contributed by atoms with Crippen LogP contribution in [0.3, 0.4) is 0 Å². The van der Waals surface area contributed by atoms with Crippen LogP contribution in [0.4, 0.5) is 0 Å². The number of hydrogen-bond acceptors (Lipinski definition) is 3. The van der Waals surface area contributed by atoms with Crippen molar-refractivity contribution in [3.8, 4) is 0 Å². The molecule has 2 heterocycles. The molecule has 18 heavy (non-hydrogen) atoms. The number of carbonyl (C=O) groups is 1. The zero-order valence-corrected chi connectivity index (χ0v) is 12.2. The molecule has 0 radical (unpaired) electrons. The van der Waals surface area contributed by atoms with Gasteiger partial charge in [-0.1, -0.05) is 12.8 Å². The Kier molecular flexibility index (Phi) is 4.75. The SMILES string of the molecule is Cc1nc(C)c(CCC(=O)N2CCCCCC2)s1. The van der Waals surface area contributed by atoms with Crippen LogP contribution >= 0.6 is 11.3 Å². The molecule has 1 aliphatic heterocycles. The van der Waals surface area contributed by atoms with Crippen LogP contribution in [0.15, 0.2) is 0 Å². The monoisotopic (exact) mass is 266 g/mol. The van der Waals surface area contributed by atoms with Crippen molar-refractivity contribution in [2.45, 2.75) is 52.4 Å². The highest BCUT2D eigenvalue weighted by atomic mass is 32.1. The van der Waals surface area contributed by atoms with Crippen LogP contribution in [-0.2, 0) is 11.2 Å². The van der Waals surface area contributed by atoms with Gasteiger partial charge in [0, 0.05) is 24.4 Å². The van der Waals surface area contributed by atoms with Gasteiger partial charge >= 0.3 is 0 Å². The standard InChI is InChI=1S/C14H22N2OS/c1-11-13(18-12(2)15-11)7-8-14(17)16-9-5-3-4-6-10-16/h3-10H2,1-2H3. The number of aryl methyl sites for hydroxylation is 3. The normalized spacial score (nSPS) is 16.7. The van der Waals surface area contributed by atoms with E-state index in [1.807, 2.05) is 13.8 Å². The molecule has 1 aromatic heterocycles. The fourth-order valence-corrected chi connectivity index (χ4v) is 3.44. The van der Waals surface area contributed by atoms with Gasteiger partial charge < -0.3 is 4.90 Å². The molecule has 1 amide bonds. The molecule has 2 rings (SSSR count). The molecule has 100 valence electrons. The molecule has 1 fully saturated rings. The van der Waals surface area contributed by atoms with Gasteiger partial charge in [-0.25, -0.2) is 4.98 Å². The maximum absolute atomic E-state index is 12.2. The molecule has 0 bridgehead atoms. The highest BCUT2D eigenvalue weighted by Gasteiger charge is 2.16. The Hall–Kier alpha value is -0.900. The molecule has 1 saturated heterocycles. The van der Waals surface area contributed by atoms with Crippen molar-refractivity contribution in [2.75, 3.05) is 13.1 Å². The average molecular weight is 266 g/mol. The Morgan fingerprint density at radius 2 is 1.89 bits per heavy atom. The Morgan fingerprint density at radius 3 is 2.44 bits per heavy atom. The maximum atomic E-state index is 12.2. The Bertz CT molecular complexity index is 406. The van der Waals surface area contributed by atoms with Gasteiger partial charge in [-0.05, 0) is 33.1 Å². The van der Waals surface area contributed by atoms with Crippen LogP contribution in [0.25, 0.3) is 0 Å².